The van der Waals surface area contributed by atoms with Gasteiger partial charge >= 0.3 is 5.69 Å². The molecule has 0 radical (unpaired) electrons. The summed E-state index contributed by atoms with van der Waals surface area (Å²) in [5.41, 5.74) is 1.79. The molecule has 29 heavy (non-hydrogen) atoms. The highest BCUT2D eigenvalue weighted by molar-refractivity contribution is 5.79. The van der Waals surface area contributed by atoms with Crippen molar-refractivity contribution in [3.05, 3.63) is 94.9 Å². The third-order valence-electron chi connectivity index (χ3n) is 4.53. The van der Waals surface area contributed by atoms with Gasteiger partial charge in [-0.1, -0.05) is 12.1 Å². The van der Waals surface area contributed by atoms with E-state index in [0.717, 1.165) is 0 Å². The Balaban J connectivity index is 1.80. The van der Waals surface area contributed by atoms with Crippen molar-refractivity contribution in [2.75, 3.05) is 5.32 Å². The van der Waals surface area contributed by atoms with Crippen molar-refractivity contribution in [3.8, 4) is 5.69 Å². The van der Waals surface area contributed by atoms with E-state index in [-0.39, 0.29) is 17.5 Å². The van der Waals surface area contributed by atoms with Gasteiger partial charge in [0.15, 0.2) is 0 Å². The first-order valence-corrected chi connectivity index (χ1v) is 8.79. The number of halogens is 2. The van der Waals surface area contributed by atoms with E-state index in [1.807, 2.05) is 12.1 Å². The van der Waals surface area contributed by atoms with Crippen molar-refractivity contribution >= 4 is 28.4 Å². The predicted octanol–water partition coefficient (Wildman–Crippen LogP) is 4.06. The molecule has 0 saturated heterocycles. The van der Waals surface area contributed by atoms with Crippen LogP contribution >= 0.6 is 0 Å². The fraction of sp³-hybridized carbons (Fsp3) is 0. The molecule has 5 rings (SSSR count). The van der Waals surface area contributed by atoms with Crippen LogP contribution in [-0.2, 0) is 0 Å². The first kappa shape index (κ1) is 17.1. The third-order valence-corrected chi connectivity index (χ3v) is 4.53. The lowest BCUT2D eigenvalue weighted by atomic mass is 10.3. The van der Waals surface area contributed by atoms with E-state index in [9.17, 15) is 13.6 Å². The second-order valence-corrected chi connectivity index (χ2v) is 6.40. The van der Waals surface area contributed by atoms with E-state index in [1.54, 1.807) is 12.1 Å². The summed E-state index contributed by atoms with van der Waals surface area (Å²) in [7, 11) is 0. The molecule has 2 heterocycles. The Morgan fingerprint density at radius 1 is 0.793 bits per heavy atom. The summed E-state index contributed by atoms with van der Waals surface area (Å²) in [6.07, 6.45) is 0. The Kier molecular flexibility index (Phi) is 3.83. The molecule has 0 fully saturated rings. The van der Waals surface area contributed by atoms with Crippen LogP contribution in [0.4, 0.5) is 20.4 Å². The van der Waals surface area contributed by atoms with Gasteiger partial charge in [0.25, 0.3) is 0 Å². The van der Waals surface area contributed by atoms with Crippen LogP contribution in [0.2, 0.25) is 0 Å². The van der Waals surface area contributed by atoms with Gasteiger partial charge in [-0.25, -0.2) is 27.5 Å². The highest BCUT2D eigenvalue weighted by atomic mass is 19.1. The number of rotatable bonds is 3. The highest BCUT2D eigenvalue weighted by Gasteiger charge is 2.17. The zero-order valence-corrected chi connectivity index (χ0v) is 14.9. The summed E-state index contributed by atoms with van der Waals surface area (Å²) in [4.78, 5) is 22.3. The molecular weight excluding hydrogens is 376 g/mol. The molecule has 6 nitrogen and oxygen atoms in total. The summed E-state index contributed by atoms with van der Waals surface area (Å²) in [6.45, 7) is 0. The van der Waals surface area contributed by atoms with Gasteiger partial charge in [0.2, 0.25) is 11.7 Å². The predicted molar refractivity (Wildman–Crippen MR) is 106 cm³/mol. The van der Waals surface area contributed by atoms with Crippen molar-refractivity contribution in [2.45, 2.75) is 0 Å². The standard InChI is InChI=1S/C21H13F2N5O/c22-13-5-9-15(10-6-13)24-19-26-20-25-17-3-1-2-4-18(17)28(20)21(29)27(19)16-11-7-14(23)8-12-16/h1-12H,(H,24,25,26). The second kappa shape index (κ2) is 6.52. The number of nitrogens with zero attached hydrogens (tertiary/aromatic N) is 4. The molecule has 8 heteroatoms. The lowest BCUT2D eigenvalue weighted by Gasteiger charge is -2.14. The minimum atomic E-state index is -0.419. The van der Waals surface area contributed by atoms with Gasteiger partial charge in [0, 0.05) is 5.69 Å². The number of para-hydroxylation sites is 2. The largest absolute Gasteiger partial charge is 0.343 e. The molecule has 0 amide bonds. The second-order valence-electron chi connectivity index (χ2n) is 6.40. The van der Waals surface area contributed by atoms with Gasteiger partial charge in [0.05, 0.1) is 16.7 Å². The molecule has 0 spiro atoms. The fourth-order valence-electron chi connectivity index (χ4n) is 3.18. The van der Waals surface area contributed by atoms with Crippen molar-refractivity contribution in [2.24, 2.45) is 0 Å². The van der Waals surface area contributed by atoms with Crippen LogP contribution in [0.3, 0.4) is 0 Å². The Morgan fingerprint density at radius 3 is 2.17 bits per heavy atom. The number of hydrogen-bond donors (Lipinski definition) is 1. The summed E-state index contributed by atoms with van der Waals surface area (Å²) in [5.74, 6) is -0.401. The number of anilines is 2. The van der Waals surface area contributed by atoms with Crippen LogP contribution in [0.5, 0.6) is 0 Å². The quantitative estimate of drug-likeness (QED) is 0.506. The summed E-state index contributed by atoms with van der Waals surface area (Å²) >= 11 is 0. The van der Waals surface area contributed by atoms with Crippen molar-refractivity contribution in [1.82, 2.24) is 18.9 Å². The van der Waals surface area contributed by atoms with Crippen LogP contribution in [0.15, 0.2) is 77.6 Å². The average molecular weight is 389 g/mol. The molecule has 0 atom stereocenters. The Labute approximate surface area is 162 Å². The van der Waals surface area contributed by atoms with Crippen molar-refractivity contribution in [1.29, 1.82) is 0 Å². The van der Waals surface area contributed by atoms with E-state index in [1.165, 1.54) is 57.5 Å². The first-order chi connectivity index (χ1) is 14.1. The van der Waals surface area contributed by atoms with Gasteiger partial charge in [-0.05, 0) is 60.7 Å². The van der Waals surface area contributed by atoms with Crippen LogP contribution in [0, 0.1) is 11.6 Å². The maximum Gasteiger partial charge on any atom is 0.343 e. The van der Waals surface area contributed by atoms with Gasteiger partial charge in [-0.2, -0.15) is 4.98 Å². The summed E-state index contributed by atoms with van der Waals surface area (Å²) in [5, 5.41) is 3.03. The van der Waals surface area contributed by atoms with Gasteiger partial charge in [-0.3, -0.25) is 0 Å². The normalized spacial score (nSPS) is 11.2. The minimum absolute atomic E-state index is 0.177. The zero-order valence-electron chi connectivity index (χ0n) is 14.9. The van der Waals surface area contributed by atoms with Crippen molar-refractivity contribution in [3.63, 3.8) is 0 Å². The maximum absolute atomic E-state index is 13.4. The summed E-state index contributed by atoms with van der Waals surface area (Å²) in [6, 6.07) is 18.4. The number of fused-ring (bicyclic) bond motifs is 3. The smallest absolute Gasteiger partial charge is 0.325 e. The molecule has 0 aliphatic carbocycles. The van der Waals surface area contributed by atoms with E-state index in [2.05, 4.69) is 15.3 Å². The highest BCUT2D eigenvalue weighted by Crippen LogP contribution is 2.20. The molecule has 0 unspecified atom stereocenters. The lowest BCUT2D eigenvalue weighted by Crippen LogP contribution is -2.28. The molecule has 1 N–H and O–H groups in total. The summed E-state index contributed by atoms with van der Waals surface area (Å²) < 4.78 is 29.4. The molecular formula is C21H13F2N5O. The fourth-order valence-corrected chi connectivity index (χ4v) is 3.18. The molecule has 0 saturated carbocycles. The van der Waals surface area contributed by atoms with Crippen LogP contribution < -0.4 is 11.0 Å². The van der Waals surface area contributed by atoms with E-state index < -0.39 is 11.5 Å². The lowest BCUT2D eigenvalue weighted by molar-refractivity contribution is 0.627. The Morgan fingerprint density at radius 2 is 1.45 bits per heavy atom. The van der Waals surface area contributed by atoms with E-state index in [0.29, 0.717) is 22.4 Å². The third kappa shape index (κ3) is 2.91. The molecule has 0 aliphatic heterocycles. The maximum atomic E-state index is 13.4. The number of benzene rings is 3. The minimum Gasteiger partial charge on any atom is -0.325 e. The van der Waals surface area contributed by atoms with Crippen molar-refractivity contribution < 1.29 is 8.78 Å². The molecule has 2 aromatic heterocycles. The monoisotopic (exact) mass is 389 g/mol. The van der Waals surface area contributed by atoms with Gasteiger partial charge in [-0.15, -0.1) is 0 Å². The van der Waals surface area contributed by atoms with Gasteiger partial charge in [0.1, 0.15) is 11.6 Å². The molecule has 5 aromatic rings. The van der Waals surface area contributed by atoms with Crippen LogP contribution in [0.1, 0.15) is 0 Å². The van der Waals surface area contributed by atoms with Crippen LogP contribution in [-0.4, -0.2) is 18.9 Å². The Bertz CT molecular complexity index is 1410. The first-order valence-electron chi connectivity index (χ1n) is 8.79. The average Bonchev–Trinajstić information content (AvgIpc) is 3.09. The molecule has 3 aromatic carbocycles. The SMILES string of the molecule is O=c1n(-c2ccc(F)cc2)c(Nc2ccc(F)cc2)nc2nc3ccccc3n12. The number of aromatic nitrogens is 4. The van der Waals surface area contributed by atoms with Gasteiger partial charge < -0.3 is 5.32 Å². The number of nitrogens with one attached hydrogen (secondary N) is 1. The van der Waals surface area contributed by atoms with E-state index in [4.69, 9.17) is 0 Å². The topological polar surface area (TPSA) is 64.2 Å². The number of hydrogen-bond acceptors (Lipinski definition) is 4. The molecule has 0 bridgehead atoms. The zero-order chi connectivity index (χ0) is 20.0. The molecule has 142 valence electrons. The van der Waals surface area contributed by atoms with E-state index >= 15 is 0 Å². The van der Waals surface area contributed by atoms with Crippen LogP contribution in [0.25, 0.3) is 22.5 Å². The molecule has 0 aliphatic rings. The number of imidazole rings is 1. The Hall–Kier alpha value is -4.07.